The van der Waals surface area contributed by atoms with Gasteiger partial charge in [0.2, 0.25) is 5.91 Å². The topological polar surface area (TPSA) is 111 Å². The fourth-order valence-electron chi connectivity index (χ4n) is 9.26. The quantitative estimate of drug-likeness (QED) is 0.0205. The van der Waals surface area contributed by atoms with Crippen molar-refractivity contribution in [2.75, 3.05) is 40.9 Å². The van der Waals surface area contributed by atoms with Gasteiger partial charge in [-0.05, 0) is 102 Å². The first-order valence-corrected chi connectivity index (χ1v) is 34.4. The number of phosphoric ester groups is 1. The van der Waals surface area contributed by atoms with Crippen LogP contribution in [-0.4, -0.2) is 74.3 Å². The number of esters is 1. The molecule has 1 amide bonds. The van der Waals surface area contributed by atoms with Crippen LogP contribution in [0.2, 0.25) is 0 Å². The van der Waals surface area contributed by atoms with E-state index in [0.717, 1.165) is 96.3 Å². The van der Waals surface area contributed by atoms with Crippen molar-refractivity contribution in [3.8, 4) is 0 Å². The number of nitrogens with one attached hydrogen (secondary N) is 1. The molecule has 9 nitrogen and oxygen atoms in total. The van der Waals surface area contributed by atoms with E-state index in [9.17, 15) is 19.0 Å². The number of ether oxygens (including phenoxy) is 1. The molecule has 0 rings (SSSR count). The lowest BCUT2D eigenvalue weighted by atomic mass is 10.0. The number of nitrogens with zero attached hydrogens (tertiary/aromatic N) is 1. The van der Waals surface area contributed by atoms with E-state index in [1.54, 1.807) is 0 Å². The molecule has 2 N–H and O–H groups in total. The van der Waals surface area contributed by atoms with Crippen LogP contribution in [0, 0.1) is 0 Å². The summed E-state index contributed by atoms with van der Waals surface area (Å²) >= 11 is 0. The predicted octanol–water partition coefficient (Wildman–Crippen LogP) is 20.6. The number of rotatable bonds is 59. The third-order valence-corrected chi connectivity index (χ3v) is 15.3. The van der Waals surface area contributed by atoms with Crippen molar-refractivity contribution in [3.05, 3.63) is 85.1 Å². The largest absolute Gasteiger partial charge is 0.472 e. The summed E-state index contributed by atoms with van der Waals surface area (Å²) in [6.45, 7) is 6.87. The van der Waals surface area contributed by atoms with Crippen molar-refractivity contribution in [1.29, 1.82) is 0 Å². The Morgan fingerprint density at radius 3 is 1.24 bits per heavy atom. The smallest absolute Gasteiger partial charge is 0.456 e. The summed E-state index contributed by atoms with van der Waals surface area (Å²) in [5.41, 5.74) is 0. The fourth-order valence-corrected chi connectivity index (χ4v) is 9.99. The average molecular weight is 1130 g/mol. The van der Waals surface area contributed by atoms with Crippen LogP contribution in [0.1, 0.15) is 290 Å². The van der Waals surface area contributed by atoms with Gasteiger partial charge >= 0.3 is 13.8 Å². The Morgan fingerprint density at radius 1 is 0.456 bits per heavy atom. The molecule has 0 spiro atoms. The Hall–Kier alpha value is -2.81. The molecule has 0 bridgehead atoms. The first-order valence-electron chi connectivity index (χ1n) is 32.9. The molecule has 0 heterocycles. The Morgan fingerprint density at radius 2 is 0.810 bits per heavy atom. The molecule has 0 aromatic carbocycles. The normalized spacial score (nSPS) is 14.2. The van der Waals surface area contributed by atoms with Gasteiger partial charge < -0.3 is 19.4 Å². The zero-order valence-corrected chi connectivity index (χ0v) is 53.2. The van der Waals surface area contributed by atoms with E-state index in [0.29, 0.717) is 23.9 Å². The van der Waals surface area contributed by atoms with E-state index in [-0.39, 0.29) is 31.5 Å². The van der Waals surface area contributed by atoms with Crippen LogP contribution >= 0.6 is 7.82 Å². The first-order chi connectivity index (χ1) is 38.4. The number of carbonyl (C=O) groups is 2. The fraction of sp³-hybridized carbons (Fsp3) is 0.768. The lowest BCUT2D eigenvalue weighted by molar-refractivity contribution is -0.870. The van der Waals surface area contributed by atoms with E-state index >= 15 is 0 Å². The van der Waals surface area contributed by atoms with Gasteiger partial charge in [0.15, 0.2) is 0 Å². The number of carbonyl (C=O) groups excluding carboxylic acids is 2. The Bertz CT molecular complexity index is 1630. The van der Waals surface area contributed by atoms with Crippen LogP contribution in [0.3, 0.4) is 0 Å². The average Bonchev–Trinajstić information content (AvgIpc) is 3.41. The molecule has 3 atom stereocenters. The molecular weight excluding hydrogens is 1000 g/mol. The van der Waals surface area contributed by atoms with Gasteiger partial charge in [0.1, 0.15) is 19.3 Å². The molecule has 0 aliphatic rings. The van der Waals surface area contributed by atoms with Gasteiger partial charge in [0.05, 0.1) is 33.8 Å². The van der Waals surface area contributed by atoms with Crippen molar-refractivity contribution in [3.63, 3.8) is 0 Å². The SMILES string of the molecule is CC/C=C/C/C=C/C/C=C/CCCCCCC(=O)OC(/C=C\CCCCCCCCCCCC)C(COP(=O)(O)OCC[N+](C)(C)C)NC(=O)CCCCCCCCCCCCCCCC/C=C\C/C=C\C/C=C\CCCCC. The summed E-state index contributed by atoms with van der Waals surface area (Å²) < 4.78 is 30.7. The van der Waals surface area contributed by atoms with E-state index in [1.165, 1.54) is 154 Å². The number of hydrogen-bond donors (Lipinski definition) is 2. The molecule has 0 fully saturated rings. The number of phosphoric acid groups is 1. The van der Waals surface area contributed by atoms with Crippen LogP contribution in [0.15, 0.2) is 85.1 Å². The molecule has 79 heavy (non-hydrogen) atoms. The minimum Gasteiger partial charge on any atom is -0.456 e. The van der Waals surface area contributed by atoms with Gasteiger partial charge in [-0.2, -0.15) is 0 Å². The minimum absolute atomic E-state index is 0.0339. The maximum atomic E-state index is 13.6. The van der Waals surface area contributed by atoms with Crippen molar-refractivity contribution in [1.82, 2.24) is 5.32 Å². The van der Waals surface area contributed by atoms with Crippen molar-refractivity contribution >= 4 is 19.7 Å². The van der Waals surface area contributed by atoms with Crippen LogP contribution < -0.4 is 5.32 Å². The Kier molecular flexibility index (Phi) is 56.3. The summed E-state index contributed by atoms with van der Waals surface area (Å²) in [5, 5.41) is 3.06. The van der Waals surface area contributed by atoms with Crippen molar-refractivity contribution in [2.45, 2.75) is 303 Å². The molecule has 0 saturated carbocycles. The van der Waals surface area contributed by atoms with Gasteiger partial charge in [-0.25, -0.2) is 4.57 Å². The standard InChI is InChI=1S/C69H125N2O7P/c1-7-10-13-16-19-22-25-28-30-31-32-33-34-35-36-37-38-39-40-41-42-43-46-49-52-55-58-61-68(72)70-66(65-77-79(74,75)76-64-63-71(4,5)6)67(60-57-54-51-48-45-27-24-21-18-15-12-9-3)78-69(73)62-59-56-53-50-47-44-29-26-23-20-17-14-11-8-2/h11,14,19-20,22-23,28-30,32-33,44,57,60,66-67H,7-10,12-13,15-18,21,24-27,31,34-43,45-56,58-59,61-65H2,1-6H3,(H-,70,72,74,75)/p+1/b14-11+,22-19-,23-20+,30-28-,33-32-,44-29+,60-57-. The third kappa shape index (κ3) is 59.6. The van der Waals surface area contributed by atoms with Gasteiger partial charge in [-0.15, -0.1) is 0 Å². The number of amides is 1. The van der Waals surface area contributed by atoms with Gasteiger partial charge in [0.25, 0.3) is 0 Å². The predicted molar refractivity (Wildman–Crippen MR) is 341 cm³/mol. The van der Waals surface area contributed by atoms with Crippen molar-refractivity contribution in [2.24, 2.45) is 0 Å². The van der Waals surface area contributed by atoms with Crippen LogP contribution in [0.4, 0.5) is 0 Å². The maximum Gasteiger partial charge on any atom is 0.472 e. The van der Waals surface area contributed by atoms with Gasteiger partial charge in [-0.1, -0.05) is 260 Å². The zero-order valence-electron chi connectivity index (χ0n) is 52.3. The van der Waals surface area contributed by atoms with E-state index in [1.807, 2.05) is 33.3 Å². The molecule has 0 aliphatic carbocycles. The molecule has 10 heteroatoms. The number of likely N-dealkylation sites (N-methyl/N-ethyl adjacent to an activating group) is 1. The molecule has 458 valence electrons. The maximum absolute atomic E-state index is 13.6. The lowest BCUT2D eigenvalue weighted by Crippen LogP contribution is -2.47. The van der Waals surface area contributed by atoms with Crippen LogP contribution in [0.25, 0.3) is 0 Å². The first kappa shape index (κ1) is 76.2. The number of hydrogen-bond acceptors (Lipinski definition) is 6. The minimum atomic E-state index is -4.46. The van der Waals surface area contributed by atoms with E-state index in [4.69, 9.17) is 13.8 Å². The monoisotopic (exact) mass is 1130 g/mol. The van der Waals surface area contributed by atoms with Gasteiger partial charge in [0, 0.05) is 12.8 Å². The highest BCUT2D eigenvalue weighted by atomic mass is 31.2. The third-order valence-electron chi connectivity index (χ3n) is 14.3. The number of quaternary nitrogens is 1. The molecule has 0 aromatic heterocycles. The van der Waals surface area contributed by atoms with Crippen molar-refractivity contribution < 1.29 is 37.3 Å². The Balaban J connectivity index is 5.06. The summed E-state index contributed by atoms with van der Waals surface area (Å²) in [5.74, 6) is -0.529. The summed E-state index contributed by atoms with van der Waals surface area (Å²) in [7, 11) is 1.48. The molecule has 0 saturated heterocycles. The Labute approximate surface area is 488 Å². The summed E-state index contributed by atoms with van der Waals surface area (Å²) in [6.07, 6.45) is 77.4. The highest BCUT2D eigenvalue weighted by Gasteiger charge is 2.30. The molecule has 3 unspecified atom stereocenters. The molecule has 0 radical (unpaired) electrons. The van der Waals surface area contributed by atoms with E-state index < -0.39 is 20.0 Å². The van der Waals surface area contributed by atoms with E-state index in [2.05, 4.69) is 99.0 Å². The summed E-state index contributed by atoms with van der Waals surface area (Å²) in [4.78, 5) is 37.7. The summed E-state index contributed by atoms with van der Waals surface area (Å²) in [6, 6.07) is -0.861. The van der Waals surface area contributed by atoms with Gasteiger partial charge in [-0.3, -0.25) is 18.6 Å². The zero-order chi connectivity index (χ0) is 57.9. The molecular formula is C69H126N2O7P+. The highest BCUT2D eigenvalue weighted by molar-refractivity contribution is 7.47. The second kappa shape index (κ2) is 58.4. The molecule has 0 aromatic rings. The number of unbranched alkanes of at least 4 members (excludes halogenated alkanes) is 31. The lowest BCUT2D eigenvalue weighted by Gasteiger charge is -2.27. The number of allylic oxidation sites excluding steroid dienone is 13. The second-order valence-corrected chi connectivity index (χ2v) is 24.7. The highest BCUT2D eigenvalue weighted by Crippen LogP contribution is 2.43. The van der Waals surface area contributed by atoms with Crippen LogP contribution in [-0.2, 0) is 27.9 Å². The van der Waals surface area contributed by atoms with Crippen LogP contribution in [0.5, 0.6) is 0 Å². The second-order valence-electron chi connectivity index (χ2n) is 23.3. The molecule has 0 aliphatic heterocycles.